The summed E-state index contributed by atoms with van der Waals surface area (Å²) >= 11 is 0. The molecule has 0 unspecified atom stereocenters. The third-order valence-electron chi connectivity index (χ3n) is 3.26. The van der Waals surface area contributed by atoms with E-state index < -0.39 is 0 Å². The van der Waals surface area contributed by atoms with Crippen molar-refractivity contribution < 1.29 is 5.11 Å². The maximum atomic E-state index is 9.85. The maximum absolute atomic E-state index is 9.85. The summed E-state index contributed by atoms with van der Waals surface area (Å²) in [5, 5.41) is 20.2. The molecule has 3 aromatic rings. The Bertz CT molecular complexity index is 794. The van der Waals surface area contributed by atoms with Gasteiger partial charge in [0.1, 0.15) is 5.75 Å². The van der Waals surface area contributed by atoms with Crippen LogP contribution in [0, 0.1) is 6.92 Å². The predicted molar refractivity (Wildman–Crippen MR) is 81.0 cm³/mol. The molecule has 3 rings (SSSR count). The van der Waals surface area contributed by atoms with Crippen molar-refractivity contribution in [2.24, 2.45) is 10.2 Å². The Morgan fingerprint density at radius 1 is 0.700 bits per heavy atom. The molecule has 0 saturated heterocycles. The van der Waals surface area contributed by atoms with Crippen LogP contribution in [-0.4, -0.2) is 5.11 Å². The van der Waals surface area contributed by atoms with Crippen molar-refractivity contribution in [3.8, 4) is 5.75 Å². The number of phenols is 1. The lowest BCUT2D eigenvalue weighted by molar-refractivity contribution is 0.481. The second-order valence-corrected chi connectivity index (χ2v) is 4.64. The highest BCUT2D eigenvalue weighted by Crippen LogP contribution is 2.33. The zero-order valence-corrected chi connectivity index (χ0v) is 11.1. The van der Waals surface area contributed by atoms with Crippen LogP contribution in [-0.2, 0) is 0 Å². The molecule has 0 bridgehead atoms. The number of hydrogen-bond donors (Lipinski definition) is 1. The van der Waals surface area contributed by atoms with Gasteiger partial charge in [-0.1, -0.05) is 42.5 Å². The van der Waals surface area contributed by atoms with Crippen molar-refractivity contribution in [3.05, 3.63) is 66.2 Å². The van der Waals surface area contributed by atoms with Crippen molar-refractivity contribution >= 4 is 22.1 Å². The second kappa shape index (κ2) is 5.13. The molecular weight excluding hydrogens is 248 g/mol. The maximum Gasteiger partial charge on any atom is 0.123 e. The van der Waals surface area contributed by atoms with Gasteiger partial charge < -0.3 is 5.11 Å². The fraction of sp³-hybridized carbons (Fsp3) is 0.0588. The largest absolute Gasteiger partial charge is 0.507 e. The van der Waals surface area contributed by atoms with Crippen LogP contribution in [0.2, 0.25) is 0 Å². The van der Waals surface area contributed by atoms with E-state index in [0.29, 0.717) is 0 Å². The number of phenolic OH excluding ortho intramolecular Hbond substituents is 1. The standard InChI is InChI=1S/C17H14N2O/c1-12-6-2-5-9-15(12)18-19-16-10-11-17(20)14-8-4-3-7-13(14)16/h2-11,20H,1H3/b19-18+. The molecule has 0 saturated carbocycles. The molecule has 0 aliphatic heterocycles. The smallest absolute Gasteiger partial charge is 0.123 e. The monoisotopic (exact) mass is 262 g/mol. The van der Waals surface area contributed by atoms with Gasteiger partial charge in [0, 0.05) is 10.8 Å². The molecule has 0 atom stereocenters. The van der Waals surface area contributed by atoms with Gasteiger partial charge in [-0.05, 0) is 30.7 Å². The van der Waals surface area contributed by atoms with Crippen molar-refractivity contribution in [2.45, 2.75) is 6.92 Å². The number of fused-ring (bicyclic) bond motifs is 1. The van der Waals surface area contributed by atoms with E-state index in [1.54, 1.807) is 12.1 Å². The van der Waals surface area contributed by atoms with Gasteiger partial charge >= 0.3 is 0 Å². The molecule has 20 heavy (non-hydrogen) atoms. The number of azo groups is 1. The minimum Gasteiger partial charge on any atom is -0.507 e. The van der Waals surface area contributed by atoms with Crippen molar-refractivity contribution in [2.75, 3.05) is 0 Å². The molecule has 0 radical (unpaired) electrons. The summed E-state index contributed by atoms with van der Waals surface area (Å²) in [6.07, 6.45) is 0. The molecule has 0 aliphatic rings. The first-order chi connectivity index (χ1) is 9.75. The van der Waals surface area contributed by atoms with E-state index in [0.717, 1.165) is 27.7 Å². The van der Waals surface area contributed by atoms with Gasteiger partial charge in [0.25, 0.3) is 0 Å². The van der Waals surface area contributed by atoms with Crippen LogP contribution in [0.4, 0.5) is 11.4 Å². The molecule has 3 aromatic carbocycles. The first-order valence-electron chi connectivity index (χ1n) is 6.44. The first kappa shape index (κ1) is 12.4. The quantitative estimate of drug-likeness (QED) is 0.628. The fourth-order valence-corrected chi connectivity index (χ4v) is 2.14. The van der Waals surface area contributed by atoms with Crippen LogP contribution in [0.3, 0.4) is 0 Å². The zero-order valence-electron chi connectivity index (χ0n) is 11.1. The van der Waals surface area contributed by atoms with Crippen LogP contribution < -0.4 is 0 Å². The number of aromatic hydroxyl groups is 1. The average molecular weight is 262 g/mol. The SMILES string of the molecule is Cc1ccccc1/N=N/c1ccc(O)c2ccccc12. The summed E-state index contributed by atoms with van der Waals surface area (Å²) < 4.78 is 0. The fourth-order valence-electron chi connectivity index (χ4n) is 2.14. The van der Waals surface area contributed by atoms with Crippen LogP contribution in [0.1, 0.15) is 5.56 Å². The van der Waals surface area contributed by atoms with E-state index in [9.17, 15) is 5.11 Å². The summed E-state index contributed by atoms with van der Waals surface area (Å²) in [4.78, 5) is 0. The summed E-state index contributed by atoms with van der Waals surface area (Å²) in [6.45, 7) is 2.00. The predicted octanol–water partition coefficient (Wildman–Crippen LogP) is 5.27. The van der Waals surface area contributed by atoms with E-state index in [1.165, 1.54) is 0 Å². The molecule has 98 valence electrons. The van der Waals surface area contributed by atoms with E-state index in [-0.39, 0.29) is 5.75 Å². The Hall–Kier alpha value is -2.68. The van der Waals surface area contributed by atoms with Crippen molar-refractivity contribution in [3.63, 3.8) is 0 Å². The van der Waals surface area contributed by atoms with E-state index in [4.69, 9.17) is 0 Å². The molecular formula is C17H14N2O. The van der Waals surface area contributed by atoms with E-state index in [1.807, 2.05) is 55.5 Å². The Labute approximate surface area is 117 Å². The third-order valence-corrected chi connectivity index (χ3v) is 3.26. The lowest BCUT2D eigenvalue weighted by Crippen LogP contribution is -1.75. The van der Waals surface area contributed by atoms with Gasteiger partial charge in [-0.15, -0.1) is 5.11 Å². The minimum absolute atomic E-state index is 0.260. The molecule has 0 amide bonds. The Morgan fingerprint density at radius 3 is 2.15 bits per heavy atom. The molecule has 3 nitrogen and oxygen atoms in total. The van der Waals surface area contributed by atoms with Crippen molar-refractivity contribution in [1.29, 1.82) is 0 Å². The summed E-state index contributed by atoms with van der Waals surface area (Å²) in [5.41, 5.74) is 2.69. The summed E-state index contributed by atoms with van der Waals surface area (Å²) in [5.74, 6) is 0.260. The van der Waals surface area contributed by atoms with Crippen LogP contribution in [0.25, 0.3) is 10.8 Å². The molecule has 0 heterocycles. The number of nitrogens with zero attached hydrogens (tertiary/aromatic N) is 2. The third kappa shape index (κ3) is 2.26. The van der Waals surface area contributed by atoms with Crippen molar-refractivity contribution in [1.82, 2.24) is 0 Å². The minimum atomic E-state index is 0.260. The highest BCUT2D eigenvalue weighted by molar-refractivity contribution is 5.96. The normalized spacial score (nSPS) is 11.2. The average Bonchev–Trinajstić information content (AvgIpc) is 2.48. The molecule has 0 fully saturated rings. The molecule has 1 N–H and O–H groups in total. The van der Waals surface area contributed by atoms with E-state index in [2.05, 4.69) is 10.2 Å². The molecule has 0 spiro atoms. The number of hydrogen-bond acceptors (Lipinski definition) is 3. The summed E-state index contributed by atoms with van der Waals surface area (Å²) in [6, 6.07) is 18.9. The van der Waals surface area contributed by atoms with Crippen LogP contribution in [0.5, 0.6) is 5.75 Å². The van der Waals surface area contributed by atoms with Gasteiger partial charge in [0.15, 0.2) is 0 Å². The molecule has 3 heteroatoms. The van der Waals surface area contributed by atoms with Gasteiger partial charge in [0.2, 0.25) is 0 Å². The highest BCUT2D eigenvalue weighted by Gasteiger charge is 2.04. The van der Waals surface area contributed by atoms with Gasteiger partial charge in [-0.2, -0.15) is 5.11 Å². The molecule has 0 aromatic heterocycles. The lowest BCUT2D eigenvalue weighted by Gasteiger charge is -2.03. The Kier molecular flexibility index (Phi) is 3.17. The van der Waals surface area contributed by atoms with Gasteiger partial charge in [-0.25, -0.2) is 0 Å². The van der Waals surface area contributed by atoms with Gasteiger partial charge in [0.05, 0.1) is 11.4 Å². The van der Waals surface area contributed by atoms with Crippen LogP contribution in [0.15, 0.2) is 70.9 Å². The number of aryl methyl sites for hydroxylation is 1. The number of benzene rings is 3. The highest BCUT2D eigenvalue weighted by atomic mass is 16.3. The Morgan fingerprint density at radius 2 is 1.35 bits per heavy atom. The molecule has 0 aliphatic carbocycles. The van der Waals surface area contributed by atoms with Gasteiger partial charge in [-0.3, -0.25) is 0 Å². The zero-order chi connectivity index (χ0) is 13.9. The Balaban J connectivity index is 2.08. The van der Waals surface area contributed by atoms with E-state index >= 15 is 0 Å². The first-order valence-corrected chi connectivity index (χ1v) is 6.44. The summed E-state index contributed by atoms with van der Waals surface area (Å²) in [7, 11) is 0. The van der Waals surface area contributed by atoms with Crippen LogP contribution >= 0.6 is 0 Å². The lowest BCUT2D eigenvalue weighted by atomic mass is 10.1. The topological polar surface area (TPSA) is 45.0 Å². The second-order valence-electron chi connectivity index (χ2n) is 4.64. The number of rotatable bonds is 2.